The van der Waals surface area contributed by atoms with Gasteiger partial charge in [0.2, 0.25) is 5.03 Å². The van der Waals surface area contributed by atoms with Gasteiger partial charge in [0.1, 0.15) is 0 Å². The number of alkyl halides is 1. The molecule has 1 N–H and O–H groups in total. The van der Waals surface area contributed by atoms with Crippen LogP contribution in [0.4, 0.5) is 4.39 Å². The van der Waals surface area contributed by atoms with Crippen molar-refractivity contribution in [2.45, 2.75) is 23.2 Å². The van der Waals surface area contributed by atoms with Crippen LogP contribution in [0.1, 0.15) is 12.8 Å². The highest BCUT2D eigenvalue weighted by atomic mass is 35.5. The van der Waals surface area contributed by atoms with Gasteiger partial charge >= 0.3 is 0 Å². The van der Waals surface area contributed by atoms with Crippen molar-refractivity contribution >= 4 is 21.6 Å². The molecule has 1 aliphatic rings. The van der Waals surface area contributed by atoms with E-state index in [2.05, 4.69) is 9.71 Å². The average Bonchev–Trinajstić information content (AvgIpc) is 3.10. The standard InChI is InChI=1S/C10H12ClFN2O2S/c11-8(7-3-4-7)6-14-17(15,16)10-9(12)2-1-5-13-10/h1-2,5,7-8,14H,3-4,6H2. The van der Waals surface area contributed by atoms with Crippen molar-refractivity contribution in [3.8, 4) is 0 Å². The molecule has 1 atom stereocenters. The Bertz CT molecular complexity index is 505. The van der Waals surface area contributed by atoms with Crippen LogP contribution in [0.3, 0.4) is 0 Å². The molecule has 0 aliphatic heterocycles. The zero-order chi connectivity index (χ0) is 12.5. The smallest absolute Gasteiger partial charge is 0.241 e. The maximum atomic E-state index is 13.3. The van der Waals surface area contributed by atoms with Crippen molar-refractivity contribution in [1.82, 2.24) is 9.71 Å². The van der Waals surface area contributed by atoms with Gasteiger partial charge in [-0.15, -0.1) is 11.6 Å². The number of hydrogen-bond acceptors (Lipinski definition) is 3. The highest BCUT2D eigenvalue weighted by molar-refractivity contribution is 7.89. The number of rotatable bonds is 5. The molecule has 7 heteroatoms. The van der Waals surface area contributed by atoms with Crippen LogP contribution in [0.2, 0.25) is 0 Å². The minimum atomic E-state index is -3.91. The van der Waals surface area contributed by atoms with E-state index in [9.17, 15) is 12.8 Å². The Labute approximate surface area is 104 Å². The predicted octanol–water partition coefficient (Wildman–Crippen LogP) is 1.52. The van der Waals surface area contributed by atoms with Crippen LogP contribution in [0.25, 0.3) is 0 Å². The molecule has 1 fully saturated rings. The molecule has 0 spiro atoms. The van der Waals surface area contributed by atoms with Crippen LogP contribution in [-0.2, 0) is 10.0 Å². The van der Waals surface area contributed by atoms with Crippen molar-refractivity contribution in [3.05, 3.63) is 24.1 Å². The first kappa shape index (κ1) is 12.7. The normalized spacial score (nSPS) is 18.0. The maximum Gasteiger partial charge on any atom is 0.261 e. The van der Waals surface area contributed by atoms with E-state index in [-0.39, 0.29) is 11.9 Å². The van der Waals surface area contributed by atoms with Gasteiger partial charge in [-0.3, -0.25) is 0 Å². The Hall–Kier alpha value is -0.720. The summed E-state index contributed by atoms with van der Waals surface area (Å²) in [5.74, 6) is -0.495. The fourth-order valence-electron chi connectivity index (χ4n) is 1.45. The second kappa shape index (κ2) is 4.88. The lowest BCUT2D eigenvalue weighted by atomic mass is 10.3. The lowest BCUT2D eigenvalue weighted by molar-refractivity contribution is 0.542. The molecule has 94 valence electrons. The van der Waals surface area contributed by atoms with E-state index in [0.717, 1.165) is 18.9 Å². The molecule has 0 aromatic carbocycles. The monoisotopic (exact) mass is 278 g/mol. The highest BCUT2D eigenvalue weighted by Gasteiger charge is 2.31. The molecule has 0 saturated heterocycles. The van der Waals surface area contributed by atoms with Gasteiger partial charge in [0.15, 0.2) is 5.82 Å². The topological polar surface area (TPSA) is 59.1 Å². The predicted molar refractivity (Wildman–Crippen MR) is 61.7 cm³/mol. The van der Waals surface area contributed by atoms with Crippen LogP contribution < -0.4 is 4.72 Å². The number of pyridine rings is 1. The minimum absolute atomic E-state index is 0.102. The van der Waals surface area contributed by atoms with E-state index < -0.39 is 20.9 Å². The number of nitrogens with zero attached hydrogens (tertiary/aromatic N) is 1. The molecule has 0 radical (unpaired) electrons. The minimum Gasteiger partial charge on any atom is -0.241 e. The highest BCUT2D eigenvalue weighted by Crippen LogP contribution is 2.35. The van der Waals surface area contributed by atoms with E-state index in [1.54, 1.807) is 0 Å². The molecule has 1 heterocycles. The van der Waals surface area contributed by atoms with E-state index in [1.165, 1.54) is 12.3 Å². The average molecular weight is 279 g/mol. The number of hydrogen-bond donors (Lipinski definition) is 1. The largest absolute Gasteiger partial charge is 0.261 e. The van der Waals surface area contributed by atoms with Crippen LogP contribution in [0, 0.1) is 11.7 Å². The van der Waals surface area contributed by atoms with Gasteiger partial charge in [-0.25, -0.2) is 22.5 Å². The molecule has 0 bridgehead atoms. The molecular formula is C10H12ClFN2O2S. The maximum absolute atomic E-state index is 13.3. The molecule has 2 rings (SSSR count). The second-order valence-corrected chi connectivity index (χ2v) is 6.24. The number of sulfonamides is 1. The lowest BCUT2D eigenvalue weighted by Crippen LogP contribution is -2.31. The van der Waals surface area contributed by atoms with E-state index >= 15 is 0 Å². The number of aromatic nitrogens is 1. The fourth-order valence-corrected chi connectivity index (χ4v) is 2.93. The Kier molecular flexibility index (Phi) is 3.65. The van der Waals surface area contributed by atoms with Crippen LogP contribution >= 0.6 is 11.6 Å². The summed E-state index contributed by atoms with van der Waals surface area (Å²) in [5.41, 5.74) is 0. The summed E-state index contributed by atoms with van der Waals surface area (Å²) in [6, 6.07) is 2.39. The molecular weight excluding hydrogens is 267 g/mol. The SMILES string of the molecule is O=S(=O)(NCC(Cl)C1CC1)c1ncccc1F. The van der Waals surface area contributed by atoms with E-state index in [4.69, 9.17) is 11.6 Å². The van der Waals surface area contributed by atoms with Gasteiger partial charge < -0.3 is 0 Å². The van der Waals surface area contributed by atoms with Crippen LogP contribution in [0.15, 0.2) is 23.4 Å². The van der Waals surface area contributed by atoms with E-state index in [1.807, 2.05) is 0 Å². The van der Waals surface area contributed by atoms with Gasteiger partial charge in [-0.2, -0.15) is 0 Å². The zero-order valence-electron chi connectivity index (χ0n) is 8.94. The summed E-state index contributed by atoms with van der Waals surface area (Å²) < 4.78 is 39.0. The summed E-state index contributed by atoms with van der Waals surface area (Å²) in [6.45, 7) is 0.102. The van der Waals surface area contributed by atoms with Crippen molar-refractivity contribution in [1.29, 1.82) is 0 Å². The van der Waals surface area contributed by atoms with Gasteiger partial charge in [0.05, 0.1) is 0 Å². The molecule has 1 aromatic heterocycles. The third kappa shape index (κ3) is 3.14. The molecule has 1 aliphatic carbocycles. The molecule has 1 saturated carbocycles. The first-order valence-electron chi connectivity index (χ1n) is 5.25. The molecule has 0 amide bonds. The lowest BCUT2D eigenvalue weighted by Gasteiger charge is -2.10. The first-order chi connectivity index (χ1) is 8.00. The quantitative estimate of drug-likeness (QED) is 0.831. The van der Waals surface area contributed by atoms with Gasteiger partial charge in [0.25, 0.3) is 10.0 Å². The van der Waals surface area contributed by atoms with Gasteiger partial charge in [-0.05, 0) is 30.9 Å². The summed E-state index contributed by atoms with van der Waals surface area (Å²) in [5, 5.41) is -0.823. The fraction of sp³-hybridized carbons (Fsp3) is 0.500. The summed E-state index contributed by atoms with van der Waals surface area (Å²) in [7, 11) is -3.91. The zero-order valence-corrected chi connectivity index (χ0v) is 10.5. The van der Waals surface area contributed by atoms with Gasteiger partial charge in [0, 0.05) is 18.1 Å². The molecule has 17 heavy (non-hydrogen) atoms. The molecule has 4 nitrogen and oxygen atoms in total. The Morgan fingerprint density at radius 1 is 1.59 bits per heavy atom. The molecule has 1 aromatic rings. The van der Waals surface area contributed by atoms with Crippen molar-refractivity contribution in [3.63, 3.8) is 0 Å². The summed E-state index contributed by atoms with van der Waals surface area (Å²) in [4.78, 5) is 3.52. The van der Waals surface area contributed by atoms with Crippen LogP contribution in [-0.4, -0.2) is 25.3 Å². The van der Waals surface area contributed by atoms with Crippen molar-refractivity contribution in [2.75, 3.05) is 6.54 Å². The summed E-state index contributed by atoms with van der Waals surface area (Å²) >= 11 is 5.97. The Balaban J connectivity index is 2.05. The number of halogens is 2. The number of nitrogens with one attached hydrogen (secondary N) is 1. The first-order valence-corrected chi connectivity index (χ1v) is 7.17. The van der Waals surface area contributed by atoms with E-state index in [0.29, 0.717) is 5.92 Å². The van der Waals surface area contributed by atoms with Crippen LogP contribution in [0.5, 0.6) is 0 Å². The van der Waals surface area contributed by atoms with Crippen molar-refractivity contribution in [2.24, 2.45) is 5.92 Å². The third-order valence-electron chi connectivity index (χ3n) is 2.58. The summed E-state index contributed by atoms with van der Waals surface area (Å²) in [6.07, 6.45) is 3.28. The third-order valence-corrected chi connectivity index (χ3v) is 4.45. The van der Waals surface area contributed by atoms with Gasteiger partial charge in [-0.1, -0.05) is 0 Å². The Morgan fingerprint density at radius 3 is 2.88 bits per heavy atom. The molecule has 1 unspecified atom stereocenters. The second-order valence-electron chi connectivity index (χ2n) is 4.00. The van der Waals surface area contributed by atoms with Crippen molar-refractivity contribution < 1.29 is 12.8 Å². The Morgan fingerprint density at radius 2 is 2.29 bits per heavy atom.